The number of ether oxygens (including phenoxy) is 1. The van der Waals surface area contributed by atoms with E-state index in [-0.39, 0.29) is 6.61 Å². The van der Waals surface area contributed by atoms with Gasteiger partial charge in [-0.1, -0.05) is 30.3 Å². The number of hydrogen-bond donors (Lipinski definition) is 3. The van der Waals surface area contributed by atoms with Gasteiger partial charge < -0.3 is 10.1 Å². The Morgan fingerprint density at radius 1 is 1.00 bits per heavy atom. The van der Waals surface area contributed by atoms with Crippen LogP contribution in [0.1, 0.15) is 28.9 Å². The zero-order valence-electron chi connectivity index (χ0n) is 15.1. The zero-order chi connectivity index (χ0) is 20.1. The number of benzene rings is 2. The summed E-state index contributed by atoms with van der Waals surface area (Å²) >= 11 is 0. The Morgan fingerprint density at radius 2 is 1.61 bits per heavy atom. The van der Waals surface area contributed by atoms with E-state index in [9.17, 15) is 19.2 Å². The molecule has 0 radical (unpaired) electrons. The SMILES string of the molecule is CCOC(=O)c1ccc(N[C@H](c2ccccc2)C2C(=O)NC(=O)NC2=O)cc1. The highest BCUT2D eigenvalue weighted by molar-refractivity contribution is 6.16. The Hall–Kier alpha value is -3.68. The molecule has 1 aliphatic rings. The van der Waals surface area contributed by atoms with Gasteiger partial charge in [-0.3, -0.25) is 20.2 Å². The first-order valence-corrected chi connectivity index (χ1v) is 8.74. The van der Waals surface area contributed by atoms with Gasteiger partial charge >= 0.3 is 12.0 Å². The average molecular weight is 381 g/mol. The summed E-state index contributed by atoms with van der Waals surface area (Å²) < 4.78 is 4.95. The van der Waals surface area contributed by atoms with Gasteiger partial charge in [-0.05, 0) is 36.8 Å². The molecule has 1 aliphatic heterocycles. The van der Waals surface area contributed by atoms with Crippen molar-refractivity contribution >= 4 is 29.5 Å². The van der Waals surface area contributed by atoms with E-state index in [4.69, 9.17) is 4.74 Å². The van der Waals surface area contributed by atoms with Crippen molar-refractivity contribution in [2.45, 2.75) is 13.0 Å². The van der Waals surface area contributed by atoms with E-state index < -0.39 is 35.8 Å². The molecule has 1 atom stereocenters. The third-order valence-electron chi connectivity index (χ3n) is 4.25. The van der Waals surface area contributed by atoms with E-state index in [0.29, 0.717) is 16.8 Å². The van der Waals surface area contributed by atoms with Crippen LogP contribution in [-0.4, -0.2) is 30.4 Å². The molecule has 8 heteroatoms. The molecule has 0 spiro atoms. The first-order chi connectivity index (χ1) is 13.5. The van der Waals surface area contributed by atoms with Gasteiger partial charge in [0.1, 0.15) is 5.92 Å². The number of nitrogens with one attached hydrogen (secondary N) is 3. The zero-order valence-corrected chi connectivity index (χ0v) is 15.1. The first kappa shape index (κ1) is 19.1. The Balaban J connectivity index is 1.88. The molecule has 0 aliphatic carbocycles. The number of imide groups is 2. The molecule has 1 heterocycles. The maximum absolute atomic E-state index is 12.3. The number of anilines is 1. The fraction of sp³-hybridized carbons (Fsp3) is 0.200. The lowest BCUT2D eigenvalue weighted by molar-refractivity contribution is -0.136. The minimum absolute atomic E-state index is 0.277. The van der Waals surface area contributed by atoms with Crippen molar-refractivity contribution in [1.29, 1.82) is 0 Å². The Kier molecular flexibility index (Phi) is 5.69. The van der Waals surface area contributed by atoms with Gasteiger partial charge in [-0.15, -0.1) is 0 Å². The molecule has 0 aromatic heterocycles. The Bertz CT molecular complexity index is 876. The highest BCUT2D eigenvalue weighted by Crippen LogP contribution is 2.28. The summed E-state index contributed by atoms with van der Waals surface area (Å²) in [7, 11) is 0. The third kappa shape index (κ3) is 4.17. The summed E-state index contributed by atoms with van der Waals surface area (Å²) in [6.45, 7) is 2.00. The number of carbonyl (C=O) groups is 4. The van der Waals surface area contributed by atoms with Crippen molar-refractivity contribution in [2.75, 3.05) is 11.9 Å². The molecule has 0 unspecified atom stereocenters. The molecule has 144 valence electrons. The van der Waals surface area contributed by atoms with Gasteiger partial charge in [0.2, 0.25) is 11.8 Å². The highest BCUT2D eigenvalue weighted by atomic mass is 16.5. The van der Waals surface area contributed by atoms with E-state index in [1.54, 1.807) is 55.5 Å². The van der Waals surface area contributed by atoms with Crippen LogP contribution in [0.3, 0.4) is 0 Å². The summed E-state index contributed by atoms with van der Waals surface area (Å²) in [5.41, 5.74) is 1.68. The lowest BCUT2D eigenvalue weighted by Gasteiger charge is -2.30. The average Bonchev–Trinajstić information content (AvgIpc) is 2.68. The normalized spacial score (nSPS) is 15.4. The van der Waals surface area contributed by atoms with Crippen molar-refractivity contribution in [3.05, 3.63) is 65.7 Å². The lowest BCUT2D eigenvalue weighted by atomic mass is 9.90. The second-order valence-electron chi connectivity index (χ2n) is 6.12. The summed E-state index contributed by atoms with van der Waals surface area (Å²) in [4.78, 5) is 47.8. The minimum atomic E-state index is -1.15. The van der Waals surface area contributed by atoms with E-state index in [0.717, 1.165) is 0 Å². The van der Waals surface area contributed by atoms with Gasteiger partial charge in [0.05, 0.1) is 18.2 Å². The Labute approximate surface area is 161 Å². The molecular formula is C20H19N3O5. The third-order valence-corrected chi connectivity index (χ3v) is 4.25. The fourth-order valence-corrected chi connectivity index (χ4v) is 2.95. The number of barbiturate groups is 1. The smallest absolute Gasteiger partial charge is 0.338 e. The number of rotatable bonds is 6. The van der Waals surface area contributed by atoms with Gasteiger partial charge in [0, 0.05) is 5.69 Å². The first-order valence-electron chi connectivity index (χ1n) is 8.74. The molecule has 1 fully saturated rings. The monoisotopic (exact) mass is 381 g/mol. The van der Waals surface area contributed by atoms with Crippen LogP contribution >= 0.6 is 0 Å². The van der Waals surface area contributed by atoms with Crippen LogP contribution in [-0.2, 0) is 14.3 Å². The standard InChI is InChI=1S/C20H19N3O5/c1-2-28-19(26)13-8-10-14(11-9-13)21-16(12-6-4-3-5-7-12)15-17(24)22-20(27)23-18(15)25/h3-11,15-16,21H,2H2,1H3,(H2,22,23,24,25,27)/t16-/m1/s1. The van der Waals surface area contributed by atoms with Gasteiger partial charge in [-0.25, -0.2) is 9.59 Å². The Morgan fingerprint density at radius 3 is 2.18 bits per heavy atom. The summed E-state index contributed by atoms with van der Waals surface area (Å²) in [6.07, 6.45) is 0. The van der Waals surface area contributed by atoms with Crippen LogP contribution in [0, 0.1) is 5.92 Å². The fourth-order valence-electron chi connectivity index (χ4n) is 2.95. The molecule has 28 heavy (non-hydrogen) atoms. The van der Waals surface area contributed by atoms with E-state index >= 15 is 0 Å². The van der Waals surface area contributed by atoms with Crippen LogP contribution in [0.25, 0.3) is 0 Å². The molecular weight excluding hydrogens is 362 g/mol. The summed E-state index contributed by atoms with van der Waals surface area (Å²) in [6, 6.07) is 13.9. The maximum atomic E-state index is 12.3. The number of hydrogen-bond acceptors (Lipinski definition) is 6. The van der Waals surface area contributed by atoms with Gasteiger partial charge in [0.15, 0.2) is 0 Å². The second kappa shape index (κ2) is 8.34. The van der Waals surface area contributed by atoms with Gasteiger partial charge in [-0.2, -0.15) is 0 Å². The molecule has 2 aromatic carbocycles. The predicted molar refractivity (Wildman–Crippen MR) is 100 cm³/mol. The van der Waals surface area contributed by atoms with Crippen LogP contribution < -0.4 is 16.0 Å². The molecule has 8 nitrogen and oxygen atoms in total. The molecule has 3 N–H and O–H groups in total. The molecule has 0 bridgehead atoms. The summed E-state index contributed by atoms with van der Waals surface area (Å²) in [5.74, 6) is -2.94. The van der Waals surface area contributed by atoms with Crippen molar-refractivity contribution in [1.82, 2.24) is 10.6 Å². The van der Waals surface area contributed by atoms with E-state index in [1.807, 2.05) is 6.07 Å². The summed E-state index contributed by atoms with van der Waals surface area (Å²) in [5, 5.41) is 7.40. The highest BCUT2D eigenvalue weighted by Gasteiger charge is 2.41. The quantitative estimate of drug-likeness (QED) is 0.521. The van der Waals surface area contributed by atoms with Crippen molar-refractivity contribution in [2.24, 2.45) is 5.92 Å². The number of amides is 4. The van der Waals surface area contributed by atoms with Crippen LogP contribution in [0.15, 0.2) is 54.6 Å². The molecule has 3 rings (SSSR count). The topological polar surface area (TPSA) is 114 Å². The van der Waals surface area contributed by atoms with Crippen molar-refractivity contribution in [3.63, 3.8) is 0 Å². The molecule has 4 amide bonds. The van der Waals surface area contributed by atoms with E-state index in [2.05, 4.69) is 16.0 Å². The molecule has 1 saturated heterocycles. The van der Waals surface area contributed by atoms with Crippen molar-refractivity contribution < 1.29 is 23.9 Å². The molecule has 0 saturated carbocycles. The lowest BCUT2D eigenvalue weighted by Crippen LogP contribution is -2.58. The van der Waals surface area contributed by atoms with E-state index in [1.165, 1.54) is 0 Å². The van der Waals surface area contributed by atoms with Crippen molar-refractivity contribution in [3.8, 4) is 0 Å². The number of urea groups is 1. The van der Waals surface area contributed by atoms with Crippen LogP contribution in [0.2, 0.25) is 0 Å². The molecule has 2 aromatic rings. The van der Waals surface area contributed by atoms with Crippen LogP contribution in [0.5, 0.6) is 0 Å². The maximum Gasteiger partial charge on any atom is 0.338 e. The minimum Gasteiger partial charge on any atom is -0.462 e. The second-order valence-corrected chi connectivity index (χ2v) is 6.12. The number of carbonyl (C=O) groups excluding carboxylic acids is 4. The predicted octanol–water partition coefficient (Wildman–Crippen LogP) is 2.00. The largest absolute Gasteiger partial charge is 0.462 e. The number of esters is 1. The van der Waals surface area contributed by atoms with Gasteiger partial charge in [0.25, 0.3) is 0 Å². The van der Waals surface area contributed by atoms with Crippen LogP contribution in [0.4, 0.5) is 10.5 Å².